The molecule has 6 heteroatoms. The molecule has 0 saturated heterocycles. The summed E-state index contributed by atoms with van der Waals surface area (Å²) in [6.07, 6.45) is 1.69. The van der Waals surface area contributed by atoms with Crippen LogP contribution in [0.1, 0.15) is 16.5 Å². The van der Waals surface area contributed by atoms with Crippen LogP contribution in [-0.2, 0) is 0 Å². The van der Waals surface area contributed by atoms with E-state index >= 15 is 0 Å². The Kier molecular flexibility index (Phi) is 3.31. The Morgan fingerprint density at radius 1 is 1.40 bits per heavy atom. The quantitative estimate of drug-likeness (QED) is 0.830. The van der Waals surface area contributed by atoms with Crippen LogP contribution in [0.15, 0.2) is 40.7 Å². The number of thioether (sulfide) groups is 1. The van der Waals surface area contributed by atoms with Gasteiger partial charge in [-0.25, -0.2) is 4.79 Å². The molecule has 0 amide bonds. The van der Waals surface area contributed by atoms with Crippen LogP contribution in [0.3, 0.4) is 0 Å². The van der Waals surface area contributed by atoms with Crippen LogP contribution in [0, 0.1) is 0 Å². The van der Waals surface area contributed by atoms with E-state index in [4.69, 9.17) is 9.47 Å². The van der Waals surface area contributed by atoms with Crippen molar-refractivity contribution in [2.24, 2.45) is 0 Å². The highest BCUT2D eigenvalue weighted by atomic mass is 32.2. The first-order valence-electron chi connectivity index (χ1n) is 6.13. The highest BCUT2D eigenvalue weighted by Crippen LogP contribution is 2.51. The average Bonchev–Trinajstić information content (AvgIpc) is 2.73. The van der Waals surface area contributed by atoms with Crippen LogP contribution in [0.25, 0.3) is 0 Å². The van der Waals surface area contributed by atoms with E-state index in [1.807, 2.05) is 18.2 Å². The van der Waals surface area contributed by atoms with Crippen LogP contribution in [0.5, 0.6) is 11.5 Å². The number of rotatable bonds is 5. The summed E-state index contributed by atoms with van der Waals surface area (Å²) in [6, 6.07) is 5.79. The summed E-state index contributed by atoms with van der Waals surface area (Å²) < 4.78 is 10.9. The highest BCUT2D eigenvalue weighted by Gasteiger charge is 2.32. The van der Waals surface area contributed by atoms with Gasteiger partial charge in [-0.1, -0.05) is 30.5 Å². The van der Waals surface area contributed by atoms with Crippen molar-refractivity contribution in [2.45, 2.75) is 10.3 Å². The first-order chi connectivity index (χ1) is 9.72. The van der Waals surface area contributed by atoms with E-state index < -0.39 is 0 Å². The van der Waals surface area contributed by atoms with E-state index in [1.165, 1.54) is 0 Å². The van der Waals surface area contributed by atoms with Gasteiger partial charge in [0.25, 0.3) is 0 Å². The molecule has 20 heavy (non-hydrogen) atoms. The lowest BCUT2D eigenvalue weighted by Gasteiger charge is -2.25. The Labute approximate surface area is 120 Å². The van der Waals surface area contributed by atoms with Crippen LogP contribution >= 0.6 is 11.8 Å². The van der Waals surface area contributed by atoms with Gasteiger partial charge in [-0.2, -0.15) is 0 Å². The van der Waals surface area contributed by atoms with E-state index in [-0.39, 0.29) is 10.9 Å². The van der Waals surface area contributed by atoms with Crippen molar-refractivity contribution in [3.63, 3.8) is 0 Å². The number of H-pyrrole nitrogens is 2. The molecule has 0 saturated carbocycles. The molecular weight excluding hydrogens is 276 g/mol. The number of benzene rings is 1. The highest BCUT2D eigenvalue weighted by molar-refractivity contribution is 8.01. The van der Waals surface area contributed by atoms with Gasteiger partial charge in [0.1, 0.15) is 6.61 Å². The predicted octanol–water partition coefficient (Wildman–Crippen LogP) is 2.47. The fourth-order valence-corrected chi connectivity index (χ4v) is 3.20. The van der Waals surface area contributed by atoms with E-state index in [0.717, 1.165) is 16.3 Å². The van der Waals surface area contributed by atoms with Gasteiger partial charge < -0.3 is 19.4 Å². The molecule has 1 aromatic heterocycles. The molecule has 1 aliphatic heterocycles. The second-order valence-corrected chi connectivity index (χ2v) is 5.45. The third kappa shape index (κ3) is 2.12. The van der Waals surface area contributed by atoms with Gasteiger partial charge in [0.15, 0.2) is 11.5 Å². The smallest absolute Gasteiger partial charge is 0.324 e. The molecule has 0 aliphatic carbocycles. The molecule has 2 N–H and O–H groups in total. The molecular formula is C14H14N2O3S. The topological polar surface area (TPSA) is 67.1 Å². The maximum absolute atomic E-state index is 11.2. The second kappa shape index (κ2) is 5.13. The summed E-state index contributed by atoms with van der Waals surface area (Å²) in [5, 5.41) is 1.04. The van der Waals surface area contributed by atoms with Crippen molar-refractivity contribution in [2.75, 3.05) is 13.7 Å². The summed E-state index contributed by atoms with van der Waals surface area (Å²) in [4.78, 5) is 16.8. The van der Waals surface area contributed by atoms with Gasteiger partial charge in [0.05, 0.1) is 23.1 Å². The summed E-state index contributed by atoms with van der Waals surface area (Å²) in [5.41, 5.74) is 1.84. The Hall–Kier alpha value is -2.08. The minimum absolute atomic E-state index is 0.131. The largest absolute Gasteiger partial charge is 0.493 e. The SMILES string of the molecule is C=CCOc1ccc(C2Sc3[nH]c(=O)[nH]c32)cc1OC. The summed E-state index contributed by atoms with van der Waals surface area (Å²) in [6.45, 7) is 4.05. The van der Waals surface area contributed by atoms with E-state index in [9.17, 15) is 4.79 Å². The Bertz CT molecular complexity index is 705. The minimum atomic E-state index is -0.164. The normalized spacial score (nSPS) is 16.1. The molecule has 1 unspecified atom stereocenters. The summed E-state index contributed by atoms with van der Waals surface area (Å²) in [5.74, 6) is 1.36. The molecule has 0 fully saturated rings. The second-order valence-electron chi connectivity index (χ2n) is 4.33. The standard InChI is InChI=1S/C14H14N2O3S/c1-3-6-19-9-5-4-8(7-10(9)18-2)12-11-13(20-12)16-14(17)15-11/h3-5,7,12H,1,6H2,2H3,(H2,15,16,17). The van der Waals surface area contributed by atoms with Crippen molar-refractivity contribution < 1.29 is 9.47 Å². The molecule has 0 spiro atoms. The zero-order valence-corrected chi connectivity index (χ0v) is 11.8. The molecule has 0 radical (unpaired) electrons. The Morgan fingerprint density at radius 3 is 2.95 bits per heavy atom. The lowest BCUT2D eigenvalue weighted by molar-refractivity contribution is 0.326. The maximum atomic E-state index is 11.2. The van der Waals surface area contributed by atoms with Crippen LogP contribution < -0.4 is 15.2 Å². The third-order valence-corrected chi connectivity index (χ3v) is 4.37. The van der Waals surface area contributed by atoms with Crippen LogP contribution in [-0.4, -0.2) is 23.7 Å². The lowest BCUT2D eigenvalue weighted by Crippen LogP contribution is -2.08. The molecule has 5 nitrogen and oxygen atoms in total. The zero-order chi connectivity index (χ0) is 14.1. The number of nitrogens with one attached hydrogen (secondary N) is 2. The Morgan fingerprint density at radius 2 is 2.25 bits per heavy atom. The molecule has 1 aliphatic rings. The monoisotopic (exact) mass is 290 g/mol. The number of methoxy groups -OCH3 is 1. The van der Waals surface area contributed by atoms with Crippen molar-refractivity contribution in [3.05, 3.63) is 52.6 Å². The van der Waals surface area contributed by atoms with Gasteiger partial charge >= 0.3 is 5.69 Å². The Balaban J connectivity index is 1.88. The number of fused-ring (bicyclic) bond motifs is 1. The van der Waals surface area contributed by atoms with Gasteiger partial charge in [-0.05, 0) is 17.7 Å². The van der Waals surface area contributed by atoms with E-state index in [1.54, 1.807) is 24.9 Å². The molecule has 0 bridgehead atoms. The van der Waals surface area contributed by atoms with Gasteiger partial charge in [0, 0.05) is 0 Å². The first kappa shape index (κ1) is 12.9. The zero-order valence-electron chi connectivity index (χ0n) is 10.9. The van der Waals surface area contributed by atoms with Crippen molar-refractivity contribution in [1.82, 2.24) is 9.97 Å². The number of hydrogen-bond donors (Lipinski definition) is 2. The fourth-order valence-electron chi connectivity index (χ4n) is 2.13. The number of ether oxygens (including phenoxy) is 2. The van der Waals surface area contributed by atoms with Crippen molar-refractivity contribution in [3.8, 4) is 11.5 Å². The number of hydrogen-bond acceptors (Lipinski definition) is 4. The van der Waals surface area contributed by atoms with Gasteiger partial charge in [0.2, 0.25) is 0 Å². The van der Waals surface area contributed by atoms with Gasteiger partial charge in [-0.15, -0.1) is 0 Å². The molecule has 2 aromatic rings. The fraction of sp³-hybridized carbons (Fsp3) is 0.214. The van der Waals surface area contributed by atoms with Gasteiger partial charge in [-0.3, -0.25) is 0 Å². The average molecular weight is 290 g/mol. The predicted molar refractivity (Wildman–Crippen MR) is 77.8 cm³/mol. The van der Waals surface area contributed by atoms with Crippen molar-refractivity contribution in [1.29, 1.82) is 0 Å². The third-order valence-electron chi connectivity index (χ3n) is 3.06. The van der Waals surface area contributed by atoms with Crippen LogP contribution in [0.4, 0.5) is 0 Å². The molecule has 3 rings (SSSR count). The summed E-state index contributed by atoms with van der Waals surface area (Å²) >= 11 is 1.62. The maximum Gasteiger partial charge on any atom is 0.324 e. The molecule has 2 heterocycles. The molecule has 1 atom stereocenters. The minimum Gasteiger partial charge on any atom is -0.493 e. The number of aromatic amines is 2. The number of imidazole rings is 1. The molecule has 104 valence electrons. The lowest BCUT2D eigenvalue weighted by atomic mass is 10.1. The van der Waals surface area contributed by atoms with Crippen molar-refractivity contribution >= 4 is 11.8 Å². The van der Waals surface area contributed by atoms with E-state index in [2.05, 4.69) is 16.5 Å². The van der Waals surface area contributed by atoms with Crippen LogP contribution in [0.2, 0.25) is 0 Å². The summed E-state index contributed by atoms with van der Waals surface area (Å²) in [7, 11) is 1.61. The first-order valence-corrected chi connectivity index (χ1v) is 7.01. The van der Waals surface area contributed by atoms with E-state index in [0.29, 0.717) is 18.1 Å². The number of aromatic nitrogens is 2. The molecule has 1 aromatic carbocycles.